The second kappa shape index (κ2) is 9.82. The second-order valence-electron chi connectivity index (χ2n) is 5.60. The summed E-state index contributed by atoms with van der Waals surface area (Å²) < 4.78 is 11.6. The summed E-state index contributed by atoms with van der Waals surface area (Å²) in [6.07, 6.45) is 0.894. The first-order valence-electron chi connectivity index (χ1n) is 8.20. The third-order valence-electron chi connectivity index (χ3n) is 3.33. The zero-order valence-corrected chi connectivity index (χ0v) is 16.3. The van der Waals surface area contributed by atoms with Crippen LogP contribution in [0.5, 0.6) is 11.5 Å². The maximum Gasteiger partial charge on any atom is 0.276 e. The van der Waals surface area contributed by atoms with Crippen molar-refractivity contribution in [2.24, 2.45) is 0 Å². The molecule has 2 N–H and O–H groups in total. The van der Waals surface area contributed by atoms with E-state index < -0.39 is 11.8 Å². The van der Waals surface area contributed by atoms with Gasteiger partial charge in [0.25, 0.3) is 11.8 Å². The number of nitrogens with one attached hydrogen (secondary N) is 2. The van der Waals surface area contributed by atoms with Crippen LogP contribution >= 0.6 is 15.9 Å². The maximum absolute atomic E-state index is 12.1. The van der Waals surface area contributed by atoms with Gasteiger partial charge in [0, 0.05) is 5.56 Å². The molecule has 0 bridgehead atoms. The lowest BCUT2D eigenvalue weighted by atomic mass is 10.2. The predicted molar refractivity (Wildman–Crippen MR) is 102 cm³/mol. The Bertz CT molecular complexity index is 780. The number of ether oxygens (including phenoxy) is 2. The first kappa shape index (κ1) is 19.8. The van der Waals surface area contributed by atoms with Gasteiger partial charge in [-0.3, -0.25) is 20.4 Å². The van der Waals surface area contributed by atoms with Crippen molar-refractivity contribution < 1.29 is 19.1 Å². The van der Waals surface area contributed by atoms with Gasteiger partial charge in [-0.05, 0) is 65.2 Å². The van der Waals surface area contributed by atoms with Gasteiger partial charge in [0.1, 0.15) is 11.5 Å². The van der Waals surface area contributed by atoms with Crippen molar-refractivity contribution in [2.75, 3.05) is 13.2 Å². The Hall–Kier alpha value is -2.54. The van der Waals surface area contributed by atoms with Crippen LogP contribution in [0.1, 0.15) is 29.3 Å². The number of hydrogen-bond donors (Lipinski definition) is 2. The van der Waals surface area contributed by atoms with Crippen molar-refractivity contribution in [3.8, 4) is 11.5 Å². The van der Waals surface area contributed by atoms with Crippen LogP contribution in [-0.4, -0.2) is 25.0 Å². The average molecular weight is 421 g/mol. The minimum absolute atomic E-state index is 0.197. The molecule has 0 atom stereocenters. The monoisotopic (exact) mass is 420 g/mol. The van der Waals surface area contributed by atoms with E-state index in [0.717, 1.165) is 12.0 Å². The summed E-state index contributed by atoms with van der Waals surface area (Å²) in [7, 11) is 0. The third kappa shape index (κ3) is 6.07. The van der Waals surface area contributed by atoms with E-state index in [4.69, 9.17) is 9.47 Å². The van der Waals surface area contributed by atoms with Crippen LogP contribution in [-0.2, 0) is 4.79 Å². The molecule has 7 heteroatoms. The summed E-state index contributed by atoms with van der Waals surface area (Å²) in [5.74, 6) is 0.371. The number of amides is 2. The predicted octanol–water partition coefficient (Wildman–Crippen LogP) is 3.39. The van der Waals surface area contributed by atoms with Crippen LogP contribution in [0.25, 0.3) is 0 Å². The van der Waals surface area contributed by atoms with E-state index in [1.165, 1.54) is 0 Å². The third-order valence-corrected chi connectivity index (χ3v) is 3.95. The second-order valence-corrected chi connectivity index (χ2v) is 6.46. The van der Waals surface area contributed by atoms with Crippen LogP contribution < -0.4 is 20.3 Å². The molecule has 0 aromatic heterocycles. The van der Waals surface area contributed by atoms with Crippen LogP contribution in [0.2, 0.25) is 0 Å². The van der Waals surface area contributed by atoms with Gasteiger partial charge in [0.05, 0.1) is 11.1 Å². The van der Waals surface area contributed by atoms with Crippen molar-refractivity contribution in [1.82, 2.24) is 10.9 Å². The quantitative estimate of drug-likeness (QED) is 0.673. The van der Waals surface area contributed by atoms with Crippen molar-refractivity contribution in [3.05, 3.63) is 58.1 Å². The Morgan fingerprint density at radius 2 is 1.88 bits per heavy atom. The summed E-state index contributed by atoms with van der Waals surface area (Å²) >= 11 is 3.37. The lowest BCUT2D eigenvalue weighted by Gasteiger charge is -2.11. The Morgan fingerprint density at radius 1 is 1.08 bits per heavy atom. The molecule has 0 fully saturated rings. The fourth-order valence-corrected chi connectivity index (χ4v) is 2.55. The molecule has 2 amide bonds. The lowest BCUT2D eigenvalue weighted by Crippen LogP contribution is -2.43. The molecule has 0 aliphatic carbocycles. The molecular weight excluding hydrogens is 400 g/mol. The smallest absolute Gasteiger partial charge is 0.276 e. The van der Waals surface area contributed by atoms with Crippen molar-refractivity contribution in [3.63, 3.8) is 0 Å². The van der Waals surface area contributed by atoms with Gasteiger partial charge in [0.2, 0.25) is 0 Å². The fraction of sp³-hybridized carbons (Fsp3) is 0.263. The van der Waals surface area contributed by atoms with Gasteiger partial charge < -0.3 is 9.47 Å². The molecule has 0 aliphatic heterocycles. The molecule has 0 radical (unpaired) electrons. The Balaban J connectivity index is 1.82. The molecule has 2 aromatic rings. The summed E-state index contributed by atoms with van der Waals surface area (Å²) in [5, 5.41) is 0. The molecule has 0 aliphatic rings. The van der Waals surface area contributed by atoms with Gasteiger partial charge in [-0.25, -0.2) is 0 Å². The number of carbonyl (C=O) groups is 2. The zero-order chi connectivity index (χ0) is 18.9. The van der Waals surface area contributed by atoms with E-state index in [1.807, 2.05) is 32.0 Å². The molecule has 26 heavy (non-hydrogen) atoms. The van der Waals surface area contributed by atoms with Crippen LogP contribution in [0.3, 0.4) is 0 Å². The van der Waals surface area contributed by atoms with Gasteiger partial charge in [-0.15, -0.1) is 0 Å². The highest BCUT2D eigenvalue weighted by Gasteiger charge is 2.11. The molecular formula is C19H21BrN2O4. The van der Waals surface area contributed by atoms with Crippen LogP contribution in [0.15, 0.2) is 46.9 Å². The Labute approximate surface area is 161 Å². The summed E-state index contributed by atoms with van der Waals surface area (Å²) in [6, 6.07) is 12.3. The number of hydrazine groups is 1. The molecule has 6 nitrogen and oxygen atoms in total. The fourth-order valence-electron chi connectivity index (χ4n) is 2.06. The molecule has 0 unspecified atom stereocenters. The van der Waals surface area contributed by atoms with Gasteiger partial charge in [-0.2, -0.15) is 0 Å². The van der Waals surface area contributed by atoms with Gasteiger partial charge >= 0.3 is 0 Å². The molecule has 0 heterocycles. The van der Waals surface area contributed by atoms with Gasteiger partial charge in [0.15, 0.2) is 6.61 Å². The van der Waals surface area contributed by atoms with E-state index in [1.54, 1.807) is 24.3 Å². The summed E-state index contributed by atoms with van der Waals surface area (Å²) in [5.41, 5.74) is 6.11. The number of aryl methyl sites for hydroxylation is 1. The average Bonchev–Trinajstić information content (AvgIpc) is 2.63. The first-order chi connectivity index (χ1) is 12.5. The highest BCUT2D eigenvalue weighted by atomic mass is 79.9. The van der Waals surface area contributed by atoms with E-state index in [2.05, 4.69) is 26.8 Å². The van der Waals surface area contributed by atoms with Crippen molar-refractivity contribution in [1.29, 1.82) is 0 Å². The molecule has 2 aromatic carbocycles. The standard InChI is InChI=1S/C19H21BrN2O4/c1-3-9-25-17-8-7-14(11-16(17)20)19(24)22-21-18(23)12-26-15-6-4-5-13(2)10-15/h4-8,10-11H,3,9,12H2,1-2H3,(H,21,23)(H,22,24). The van der Waals surface area contributed by atoms with Crippen molar-refractivity contribution >= 4 is 27.7 Å². The highest BCUT2D eigenvalue weighted by molar-refractivity contribution is 9.10. The SMILES string of the molecule is CCCOc1ccc(C(=O)NNC(=O)COc2cccc(C)c2)cc1Br. The van der Waals surface area contributed by atoms with E-state index in [9.17, 15) is 9.59 Å². The largest absolute Gasteiger partial charge is 0.492 e. The number of halogens is 1. The number of rotatable bonds is 7. The molecule has 0 saturated heterocycles. The Morgan fingerprint density at radius 3 is 2.58 bits per heavy atom. The Kier molecular flexibility index (Phi) is 7.47. The van der Waals surface area contributed by atoms with E-state index in [-0.39, 0.29) is 6.61 Å². The summed E-state index contributed by atoms with van der Waals surface area (Å²) in [6.45, 7) is 4.35. The number of carbonyl (C=O) groups excluding carboxylic acids is 2. The molecule has 2 rings (SSSR count). The number of benzene rings is 2. The van der Waals surface area contributed by atoms with Gasteiger partial charge in [-0.1, -0.05) is 19.1 Å². The number of hydrogen-bond acceptors (Lipinski definition) is 4. The van der Waals surface area contributed by atoms with Crippen LogP contribution in [0, 0.1) is 6.92 Å². The van der Waals surface area contributed by atoms with Crippen LogP contribution in [0.4, 0.5) is 0 Å². The lowest BCUT2D eigenvalue weighted by molar-refractivity contribution is -0.123. The first-order valence-corrected chi connectivity index (χ1v) is 9.00. The summed E-state index contributed by atoms with van der Waals surface area (Å²) in [4.78, 5) is 23.9. The topological polar surface area (TPSA) is 76.7 Å². The van der Waals surface area contributed by atoms with Crippen molar-refractivity contribution in [2.45, 2.75) is 20.3 Å². The normalized spacial score (nSPS) is 10.1. The zero-order valence-electron chi connectivity index (χ0n) is 14.7. The van der Waals surface area contributed by atoms with E-state index in [0.29, 0.717) is 28.1 Å². The maximum atomic E-state index is 12.1. The minimum atomic E-state index is -0.457. The minimum Gasteiger partial charge on any atom is -0.492 e. The highest BCUT2D eigenvalue weighted by Crippen LogP contribution is 2.26. The molecule has 138 valence electrons. The molecule has 0 saturated carbocycles. The molecule has 0 spiro atoms. The van der Waals surface area contributed by atoms with E-state index >= 15 is 0 Å².